The molecule has 1 N–H and O–H groups in total. The Balaban J connectivity index is 1.98. The summed E-state index contributed by atoms with van der Waals surface area (Å²) in [5.41, 5.74) is -0.240. The fourth-order valence-corrected chi connectivity index (χ4v) is 7.99. The lowest BCUT2D eigenvalue weighted by Crippen LogP contribution is -2.43. The van der Waals surface area contributed by atoms with E-state index in [-0.39, 0.29) is 48.5 Å². The summed E-state index contributed by atoms with van der Waals surface area (Å²) in [5.74, 6) is -4.04. The van der Waals surface area contributed by atoms with E-state index in [1.54, 1.807) is 26.0 Å². The van der Waals surface area contributed by atoms with Crippen molar-refractivity contribution >= 4 is 17.6 Å². The molecule has 15 heteroatoms. The number of nitro groups is 1. The summed E-state index contributed by atoms with van der Waals surface area (Å²) in [6.07, 6.45) is 7.06. The van der Waals surface area contributed by atoms with E-state index in [0.29, 0.717) is 44.0 Å². The van der Waals surface area contributed by atoms with Crippen LogP contribution in [-0.2, 0) is 47.5 Å². The van der Waals surface area contributed by atoms with Crippen molar-refractivity contribution < 1.29 is 62.3 Å². The summed E-state index contributed by atoms with van der Waals surface area (Å²) < 4.78 is 54.6. The molecule has 0 aromatic heterocycles. The van der Waals surface area contributed by atoms with E-state index in [0.717, 1.165) is 6.42 Å². The van der Waals surface area contributed by atoms with Gasteiger partial charge in [-0.25, -0.2) is 0 Å². The number of cyclic esters (lactones) is 1. The fourth-order valence-electron chi connectivity index (χ4n) is 7.99. The number of carbonyl (C=O) groups excluding carboxylic acids is 1. The molecule has 14 atom stereocenters. The van der Waals surface area contributed by atoms with E-state index in [1.165, 1.54) is 12.1 Å². The maximum atomic E-state index is 14.0. The maximum Gasteiger partial charge on any atom is 0.323 e. The number of hydrogen-bond donors (Lipinski definition) is 1. The van der Waals surface area contributed by atoms with Gasteiger partial charge < -0.3 is 47.7 Å². The molecule has 14 unspecified atom stereocenters. The minimum atomic E-state index is -1.65. The second-order valence-electron chi connectivity index (χ2n) is 16.5. The van der Waals surface area contributed by atoms with Crippen LogP contribution in [0.4, 0.5) is 5.69 Å². The van der Waals surface area contributed by atoms with Crippen LogP contribution in [0.15, 0.2) is 60.2 Å². The Bertz CT molecular complexity index is 1630. The molecule has 62 heavy (non-hydrogen) atoms. The van der Waals surface area contributed by atoms with Crippen LogP contribution >= 0.6 is 0 Å². The van der Waals surface area contributed by atoms with Crippen molar-refractivity contribution in [3.05, 3.63) is 70.3 Å². The smallest absolute Gasteiger partial charge is 0.323 e. The second-order valence-corrected chi connectivity index (χ2v) is 16.5. The summed E-state index contributed by atoms with van der Waals surface area (Å²) >= 11 is 0. The molecular weight excluding hydrogens is 803 g/mol. The first-order chi connectivity index (χ1) is 29.4. The van der Waals surface area contributed by atoms with Gasteiger partial charge in [-0.2, -0.15) is 0 Å². The Hall–Kier alpha value is -3.70. The van der Waals surface area contributed by atoms with E-state index in [2.05, 4.69) is 13.8 Å². The topological polar surface area (TPSA) is 184 Å². The monoisotopic (exact) mass is 876 g/mol. The third-order valence-corrected chi connectivity index (χ3v) is 11.4. The highest BCUT2D eigenvalue weighted by molar-refractivity contribution is 5.94. The number of epoxide rings is 1. The van der Waals surface area contributed by atoms with Crippen LogP contribution in [0.25, 0.3) is 0 Å². The summed E-state index contributed by atoms with van der Waals surface area (Å²) in [7, 11) is 0. The van der Waals surface area contributed by atoms with Crippen LogP contribution < -0.4 is 4.74 Å². The van der Waals surface area contributed by atoms with E-state index in [9.17, 15) is 24.8 Å². The number of carboxylic acids is 1. The Labute approximate surface area is 368 Å². The maximum absolute atomic E-state index is 14.0. The molecule has 350 valence electrons. The number of benzene rings is 1. The Morgan fingerprint density at radius 3 is 2.19 bits per heavy atom. The zero-order valence-corrected chi connectivity index (χ0v) is 38.9. The van der Waals surface area contributed by atoms with Gasteiger partial charge >= 0.3 is 11.9 Å². The lowest BCUT2D eigenvalue weighted by molar-refractivity contribution is -0.384. The molecule has 0 bridgehead atoms. The molecule has 0 aliphatic carbocycles. The highest BCUT2D eigenvalue weighted by Gasteiger charge is 2.49. The normalized spacial score (nSPS) is 28.9. The second kappa shape index (κ2) is 25.6. The predicted octanol–water partition coefficient (Wildman–Crippen LogP) is 8.98. The van der Waals surface area contributed by atoms with Gasteiger partial charge in [-0.15, -0.1) is 0 Å². The van der Waals surface area contributed by atoms with Crippen molar-refractivity contribution in [2.45, 2.75) is 170 Å². The lowest BCUT2D eigenvalue weighted by Gasteiger charge is -2.32. The number of carbonyl (C=O) groups is 2. The number of nitrogens with zero attached hydrogens (tertiary/aromatic N) is 1. The number of allylic oxidation sites excluding steroid dienone is 2. The van der Waals surface area contributed by atoms with Crippen molar-refractivity contribution in [3.63, 3.8) is 0 Å². The lowest BCUT2D eigenvalue weighted by atomic mass is 9.89. The minimum absolute atomic E-state index is 0.0320. The summed E-state index contributed by atoms with van der Waals surface area (Å²) in [6, 6.07) is 5.84. The average molecular weight is 876 g/mol. The van der Waals surface area contributed by atoms with Crippen molar-refractivity contribution in [1.82, 2.24) is 0 Å². The van der Waals surface area contributed by atoms with Gasteiger partial charge in [-0.3, -0.25) is 19.7 Å². The molecule has 2 aliphatic heterocycles. The third-order valence-electron chi connectivity index (χ3n) is 11.4. The predicted molar refractivity (Wildman–Crippen MR) is 233 cm³/mol. The Morgan fingerprint density at radius 1 is 0.968 bits per heavy atom. The van der Waals surface area contributed by atoms with E-state index in [1.807, 2.05) is 85.8 Å². The number of rotatable bonds is 24. The molecule has 1 aromatic rings. The number of nitro benzene ring substituents is 1. The molecule has 0 amide bonds. The van der Waals surface area contributed by atoms with Gasteiger partial charge in [0.05, 0.1) is 34.9 Å². The Kier molecular flexibility index (Phi) is 21.7. The molecule has 0 spiro atoms. The molecule has 1 fully saturated rings. The van der Waals surface area contributed by atoms with Crippen LogP contribution in [0.2, 0.25) is 0 Å². The first-order valence-corrected chi connectivity index (χ1v) is 22.2. The number of ether oxygens (including phenoxy) is 9. The SMILES string of the molecule is CCOC(C)OC1CCC(C)C(Oc2ccc([N+](=O)[O-])cc2)/C=C/C(C)C(/C(C)=C/C=C/C(C)(CC2OC2C(C)C(CC)OC(C)OCC)OC(C)OCC)OC(=O)C1C(=O)O. The van der Waals surface area contributed by atoms with Gasteiger partial charge in [0.15, 0.2) is 24.8 Å². The van der Waals surface area contributed by atoms with Gasteiger partial charge in [-0.05, 0) is 104 Å². The van der Waals surface area contributed by atoms with Crippen LogP contribution in [-0.4, -0.2) is 103 Å². The Morgan fingerprint density at radius 2 is 1.60 bits per heavy atom. The molecule has 15 nitrogen and oxygen atoms in total. The van der Waals surface area contributed by atoms with Gasteiger partial charge in [0.25, 0.3) is 5.69 Å². The minimum Gasteiger partial charge on any atom is -0.486 e. The number of aliphatic carboxylic acids is 1. The molecule has 3 rings (SSSR count). The highest BCUT2D eigenvalue weighted by Crippen LogP contribution is 2.40. The number of carboxylic acid groups (broad SMARTS) is 1. The van der Waals surface area contributed by atoms with Gasteiger partial charge in [0, 0.05) is 50.2 Å². The van der Waals surface area contributed by atoms with Crippen LogP contribution in [0.3, 0.4) is 0 Å². The quantitative estimate of drug-likeness (QED) is 0.0152. The molecule has 1 saturated heterocycles. The van der Waals surface area contributed by atoms with Gasteiger partial charge in [0.2, 0.25) is 0 Å². The molecule has 2 aliphatic rings. The van der Waals surface area contributed by atoms with Crippen LogP contribution in [0.1, 0.15) is 109 Å². The van der Waals surface area contributed by atoms with Crippen LogP contribution in [0.5, 0.6) is 5.75 Å². The summed E-state index contributed by atoms with van der Waals surface area (Å²) in [6.45, 7) is 24.3. The van der Waals surface area contributed by atoms with E-state index in [4.69, 9.17) is 42.6 Å². The fraction of sp³-hybridized carbons (Fsp3) is 0.702. The molecular formula is C47H73NO14. The number of hydrogen-bond acceptors (Lipinski definition) is 13. The van der Waals surface area contributed by atoms with E-state index < -0.39 is 65.2 Å². The molecule has 0 radical (unpaired) electrons. The van der Waals surface area contributed by atoms with Crippen molar-refractivity contribution in [2.24, 2.45) is 23.7 Å². The van der Waals surface area contributed by atoms with Crippen molar-refractivity contribution in [2.75, 3.05) is 19.8 Å². The van der Waals surface area contributed by atoms with Crippen LogP contribution in [0, 0.1) is 33.8 Å². The highest BCUT2D eigenvalue weighted by atomic mass is 16.7. The summed E-state index contributed by atoms with van der Waals surface area (Å²) in [4.78, 5) is 37.7. The molecule has 0 saturated carbocycles. The molecule has 1 aromatic carbocycles. The molecule has 2 heterocycles. The van der Waals surface area contributed by atoms with Gasteiger partial charge in [-0.1, -0.05) is 52.0 Å². The number of esters is 1. The average Bonchev–Trinajstić information content (AvgIpc) is 3.97. The van der Waals surface area contributed by atoms with Crippen molar-refractivity contribution in [1.29, 1.82) is 0 Å². The first-order valence-electron chi connectivity index (χ1n) is 22.2. The zero-order chi connectivity index (χ0) is 46.1. The summed E-state index contributed by atoms with van der Waals surface area (Å²) in [5, 5.41) is 21.8. The number of non-ortho nitro benzene ring substituents is 1. The zero-order valence-electron chi connectivity index (χ0n) is 38.9. The first kappa shape index (κ1) is 52.6. The largest absolute Gasteiger partial charge is 0.486 e. The third kappa shape index (κ3) is 16.5. The standard InChI is InChI=1S/C47H73NO14/c1-13-38(57-33(9)54-14-2)32(8)44-41(60-44)28-47(12,62-35(11)56-16-4)27-17-18-30(6)43-31(7)20-25-39(59-37-23-21-36(22-24-37)48(52)53)29(5)19-26-40(58-34(10)55-15-3)42(45(49)50)46(51)61-43/h17-18,20-25,27,29,31-35,38-44H,13-16,19,26,28H2,1-12H3,(H,49,50)/b25-20+,27-17+,30-18+. The van der Waals surface area contributed by atoms with E-state index >= 15 is 0 Å². The van der Waals surface area contributed by atoms with Gasteiger partial charge in [0.1, 0.15) is 18.0 Å². The van der Waals surface area contributed by atoms with Crippen molar-refractivity contribution in [3.8, 4) is 5.75 Å².